The van der Waals surface area contributed by atoms with Gasteiger partial charge in [0.05, 0.1) is 12.2 Å². The lowest BCUT2D eigenvalue weighted by Crippen LogP contribution is -2.22. The lowest BCUT2D eigenvalue weighted by atomic mass is 10.2. The first-order chi connectivity index (χ1) is 14.0. The number of rotatable bonds is 8. The van der Waals surface area contributed by atoms with E-state index in [2.05, 4.69) is 25.2 Å². The van der Waals surface area contributed by atoms with Crippen LogP contribution in [0.1, 0.15) is 28.5 Å². The van der Waals surface area contributed by atoms with E-state index in [-0.39, 0.29) is 5.97 Å². The third-order valence-corrected chi connectivity index (χ3v) is 4.37. The predicted molar refractivity (Wildman–Crippen MR) is 114 cm³/mol. The van der Waals surface area contributed by atoms with E-state index in [1.54, 1.807) is 31.5 Å². The van der Waals surface area contributed by atoms with E-state index >= 15 is 0 Å². The molecule has 3 rings (SSSR count). The highest BCUT2D eigenvalue weighted by Crippen LogP contribution is 2.19. The second kappa shape index (κ2) is 9.64. The fourth-order valence-corrected chi connectivity index (χ4v) is 2.80. The van der Waals surface area contributed by atoms with Gasteiger partial charge in [-0.2, -0.15) is 4.98 Å². The lowest BCUT2D eigenvalue weighted by molar-refractivity contribution is 0.0526. The maximum atomic E-state index is 11.8. The van der Waals surface area contributed by atoms with Gasteiger partial charge in [-0.05, 0) is 62.2 Å². The molecule has 0 aliphatic carbocycles. The van der Waals surface area contributed by atoms with Crippen LogP contribution in [-0.4, -0.2) is 41.1 Å². The Kier molecular flexibility index (Phi) is 6.73. The fourth-order valence-electron chi connectivity index (χ4n) is 2.80. The SMILES string of the molecule is CCOC(=O)c1ccc(Nc2nc(C)cc(N(C)CCc3ccncc3)n2)cc1. The number of ether oxygens (including phenoxy) is 1. The first-order valence-corrected chi connectivity index (χ1v) is 9.55. The second-order valence-corrected chi connectivity index (χ2v) is 6.64. The molecule has 0 atom stereocenters. The monoisotopic (exact) mass is 391 g/mol. The van der Waals surface area contributed by atoms with E-state index in [0.29, 0.717) is 18.1 Å². The molecule has 7 heteroatoms. The van der Waals surface area contributed by atoms with Gasteiger partial charge in [-0.1, -0.05) is 0 Å². The van der Waals surface area contributed by atoms with Crippen LogP contribution in [0.25, 0.3) is 0 Å². The van der Waals surface area contributed by atoms with Crippen molar-refractivity contribution in [2.24, 2.45) is 0 Å². The highest BCUT2D eigenvalue weighted by Gasteiger charge is 2.09. The molecule has 0 bridgehead atoms. The Morgan fingerprint density at radius 2 is 1.83 bits per heavy atom. The molecule has 150 valence electrons. The Bertz CT molecular complexity index is 945. The smallest absolute Gasteiger partial charge is 0.338 e. The molecule has 0 fully saturated rings. The molecular formula is C22H25N5O2. The van der Waals surface area contributed by atoms with Gasteiger partial charge in [0.15, 0.2) is 0 Å². The standard InChI is InChI=1S/C22H25N5O2/c1-4-29-21(28)18-5-7-19(8-6-18)25-22-24-16(2)15-20(26-22)27(3)14-11-17-9-12-23-13-10-17/h5-10,12-13,15H,4,11,14H2,1-3H3,(H,24,25,26). The summed E-state index contributed by atoms with van der Waals surface area (Å²) in [6.45, 7) is 4.91. The Morgan fingerprint density at radius 3 is 2.52 bits per heavy atom. The highest BCUT2D eigenvalue weighted by molar-refractivity contribution is 5.89. The number of hydrogen-bond donors (Lipinski definition) is 1. The highest BCUT2D eigenvalue weighted by atomic mass is 16.5. The van der Waals surface area contributed by atoms with Gasteiger partial charge in [0.25, 0.3) is 0 Å². The first-order valence-electron chi connectivity index (χ1n) is 9.55. The summed E-state index contributed by atoms with van der Waals surface area (Å²) in [7, 11) is 2.01. The number of hydrogen-bond acceptors (Lipinski definition) is 7. The molecule has 29 heavy (non-hydrogen) atoms. The van der Waals surface area contributed by atoms with Crippen molar-refractivity contribution in [1.29, 1.82) is 0 Å². The predicted octanol–water partition coefficient (Wildman–Crippen LogP) is 3.78. The molecule has 0 radical (unpaired) electrons. The van der Waals surface area contributed by atoms with Crippen molar-refractivity contribution < 1.29 is 9.53 Å². The van der Waals surface area contributed by atoms with E-state index < -0.39 is 0 Å². The summed E-state index contributed by atoms with van der Waals surface area (Å²) < 4.78 is 5.01. The third-order valence-electron chi connectivity index (χ3n) is 4.37. The number of nitrogens with zero attached hydrogens (tertiary/aromatic N) is 4. The van der Waals surface area contributed by atoms with Crippen LogP contribution in [0.2, 0.25) is 0 Å². The molecule has 0 saturated carbocycles. The molecule has 2 aromatic heterocycles. The summed E-state index contributed by atoms with van der Waals surface area (Å²) in [6.07, 6.45) is 4.51. The molecule has 0 unspecified atom stereocenters. The largest absolute Gasteiger partial charge is 0.462 e. The van der Waals surface area contributed by atoms with E-state index in [4.69, 9.17) is 4.74 Å². The maximum Gasteiger partial charge on any atom is 0.338 e. The minimum atomic E-state index is -0.330. The number of carbonyl (C=O) groups is 1. The van der Waals surface area contributed by atoms with Crippen LogP contribution in [0.3, 0.4) is 0 Å². The van der Waals surface area contributed by atoms with Crippen LogP contribution in [0.15, 0.2) is 54.9 Å². The van der Waals surface area contributed by atoms with Crippen LogP contribution in [0.4, 0.5) is 17.5 Å². The van der Waals surface area contributed by atoms with Gasteiger partial charge in [-0.15, -0.1) is 0 Å². The fraction of sp³-hybridized carbons (Fsp3) is 0.273. The average molecular weight is 391 g/mol. The molecule has 0 amide bonds. The zero-order chi connectivity index (χ0) is 20.6. The van der Waals surface area contributed by atoms with Gasteiger partial charge in [-0.3, -0.25) is 4.98 Å². The number of aryl methyl sites for hydroxylation is 1. The van der Waals surface area contributed by atoms with E-state index in [1.807, 2.05) is 44.3 Å². The summed E-state index contributed by atoms with van der Waals surface area (Å²) in [5.41, 5.74) is 3.42. The number of nitrogens with one attached hydrogen (secondary N) is 1. The molecule has 1 aromatic carbocycles. The van der Waals surface area contributed by atoms with Crippen molar-refractivity contribution in [3.05, 3.63) is 71.7 Å². The van der Waals surface area contributed by atoms with Gasteiger partial charge < -0.3 is 15.0 Å². The number of benzene rings is 1. The van der Waals surface area contributed by atoms with Crippen LogP contribution in [0, 0.1) is 6.92 Å². The normalized spacial score (nSPS) is 10.4. The second-order valence-electron chi connectivity index (χ2n) is 6.64. The Hall–Kier alpha value is -3.48. The van der Waals surface area contributed by atoms with Gasteiger partial charge in [-0.25, -0.2) is 9.78 Å². The Balaban J connectivity index is 1.67. The van der Waals surface area contributed by atoms with Crippen LogP contribution in [-0.2, 0) is 11.2 Å². The van der Waals surface area contributed by atoms with E-state index in [1.165, 1.54) is 5.56 Å². The lowest BCUT2D eigenvalue weighted by Gasteiger charge is -2.19. The summed E-state index contributed by atoms with van der Waals surface area (Å²) >= 11 is 0. The minimum absolute atomic E-state index is 0.330. The number of pyridine rings is 1. The quantitative estimate of drug-likeness (QED) is 0.585. The molecule has 0 saturated heterocycles. The molecule has 2 heterocycles. The molecule has 0 aliphatic rings. The summed E-state index contributed by atoms with van der Waals surface area (Å²) in [4.78, 5) is 27.0. The molecule has 0 spiro atoms. The Morgan fingerprint density at radius 1 is 1.10 bits per heavy atom. The number of aromatic nitrogens is 3. The van der Waals surface area contributed by atoms with Gasteiger partial charge in [0.1, 0.15) is 5.82 Å². The molecule has 3 aromatic rings. The van der Waals surface area contributed by atoms with Gasteiger partial charge >= 0.3 is 5.97 Å². The molecular weight excluding hydrogens is 366 g/mol. The summed E-state index contributed by atoms with van der Waals surface area (Å²) in [6, 6.07) is 13.1. The molecule has 7 nitrogen and oxygen atoms in total. The van der Waals surface area contributed by atoms with Crippen LogP contribution in [0.5, 0.6) is 0 Å². The van der Waals surface area contributed by atoms with E-state index in [0.717, 1.165) is 30.2 Å². The number of likely N-dealkylation sites (N-methyl/N-ethyl adjacent to an activating group) is 1. The van der Waals surface area contributed by atoms with Gasteiger partial charge in [0, 0.05) is 43.4 Å². The zero-order valence-electron chi connectivity index (χ0n) is 16.9. The van der Waals surface area contributed by atoms with Crippen molar-refractivity contribution in [1.82, 2.24) is 15.0 Å². The van der Waals surface area contributed by atoms with E-state index in [9.17, 15) is 4.79 Å². The van der Waals surface area contributed by atoms with Crippen molar-refractivity contribution in [3.8, 4) is 0 Å². The van der Waals surface area contributed by atoms with Crippen LogP contribution < -0.4 is 10.2 Å². The first kappa shape index (κ1) is 20.3. The van der Waals surface area contributed by atoms with Crippen molar-refractivity contribution in [2.75, 3.05) is 30.4 Å². The third kappa shape index (κ3) is 5.75. The van der Waals surface area contributed by atoms with Crippen molar-refractivity contribution >= 4 is 23.4 Å². The number of esters is 1. The summed E-state index contributed by atoms with van der Waals surface area (Å²) in [5, 5.41) is 3.20. The average Bonchev–Trinajstić information content (AvgIpc) is 2.73. The van der Waals surface area contributed by atoms with Crippen molar-refractivity contribution in [2.45, 2.75) is 20.3 Å². The summed E-state index contributed by atoms with van der Waals surface area (Å²) in [5.74, 6) is 1.03. The zero-order valence-corrected chi connectivity index (χ0v) is 16.9. The molecule has 0 aliphatic heterocycles. The number of carbonyl (C=O) groups excluding carboxylic acids is 1. The van der Waals surface area contributed by atoms with Crippen molar-refractivity contribution in [3.63, 3.8) is 0 Å². The molecule has 1 N–H and O–H groups in total. The van der Waals surface area contributed by atoms with Crippen LogP contribution >= 0.6 is 0 Å². The van der Waals surface area contributed by atoms with Gasteiger partial charge in [0.2, 0.25) is 5.95 Å². The minimum Gasteiger partial charge on any atom is -0.462 e. The maximum absolute atomic E-state index is 11.8. The Labute approximate surface area is 170 Å². The topological polar surface area (TPSA) is 80.2 Å². The number of anilines is 3.